The summed E-state index contributed by atoms with van der Waals surface area (Å²) < 4.78 is 63.8. The first kappa shape index (κ1) is 52.2. The van der Waals surface area contributed by atoms with Crippen LogP contribution in [0.25, 0.3) is 10.8 Å². The first-order chi connectivity index (χ1) is 32.4. The van der Waals surface area contributed by atoms with Crippen molar-refractivity contribution in [1.29, 1.82) is 0 Å². The van der Waals surface area contributed by atoms with Gasteiger partial charge in [-0.05, 0) is 31.6 Å². The number of nitrogens with zero attached hydrogens (tertiary/aromatic N) is 3. The number of alkyl halides is 3. The quantitative estimate of drug-likeness (QED) is 0.0639. The second-order valence-corrected chi connectivity index (χ2v) is 18.3. The van der Waals surface area contributed by atoms with Crippen LogP contribution >= 0.6 is 0 Å². The number of aromatic hydroxyl groups is 3. The van der Waals surface area contributed by atoms with E-state index < -0.39 is 101 Å². The number of ketones is 1. The van der Waals surface area contributed by atoms with Gasteiger partial charge >= 0.3 is 17.9 Å². The van der Waals surface area contributed by atoms with Gasteiger partial charge in [0.15, 0.2) is 5.75 Å². The molecule has 6 N–H and O–H groups in total. The lowest BCUT2D eigenvalue weighted by Crippen LogP contribution is -2.46. The number of rotatable bonds is 6. The SMILES string of the molecule is COC1/C=C/OC2(C)Oc3c(C)c(O)c4c(O)c(c(/C=N/N5CCN(Cc6cccc(C(F)(F)F)c6)CC5)c(O)c4c3C2=O)NC(=O)/C(C)=C\C=C\C(C)C(O)C(C)C(O)C(C)C(OC(C)=O)C1C. The highest BCUT2D eigenvalue weighted by molar-refractivity contribution is 6.23. The lowest BCUT2D eigenvalue weighted by molar-refractivity contribution is -0.160. The van der Waals surface area contributed by atoms with Crippen molar-refractivity contribution in [3.8, 4) is 23.0 Å². The molecule has 9 unspecified atom stereocenters. The van der Waals surface area contributed by atoms with Gasteiger partial charge in [0.05, 0.1) is 58.6 Å². The van der Waals surface area contributed by atoms with Crippen LogP contribution < -0.4 is 10.1 Å². The number of aliphatic hydroxyl groups is 2. The Labute approximate surface area is 398 Å². The van der Waals surface area contributed by atoms with Crippen molar-refractivity contribution < 1.29 is 72.0 Å². The summed E-state index contributed by atoms with van der Waals surface area (Å²) in [5.41, 5.74) is -1.02. The number of piperazine rings is 1. The Morgan fingerprint density at radius 2 is 1.64 bits per heavy atom. The minimum absolute atomic E-state index is 0.00372. The number of anilines is 1. The standard InChI is InChI=1S/C50H61F3N4O12/c1-25-12-10-13-26(2)48(65)55-39-34(23-54-57-19-17-56(18-20-57)24-32-14-11-15-33(22-32)50(51,52)53)43(62)36-37(44(39)63)42(61)30(6)46-38(36)47(64)49(8,69-46)67-21-16-35(66-9)27(3)45(68-31(7)58)29(5)41(60)28(4)40(25)59/h10-16,21-23,25,27-29,35,40-41,45,59-63H,17-20,24H2,1-9H3,(H,55,65)/b12-10+,21-16+,26-13-,54-23+. The molecule has 0 aromatic heterocycles. The fourth-order valence-electron chi connectivity index (χ4n) is 9.13. The first-order valence-corrected chi connectivity index (χ1v) is 22.6. The number of phenolic OH excluding ortho intramolecular Hbond substituents is 3. The number of ether oxygens (including phenoxy) is 4. The van der Waals surface area contributed by atoms with Crippen molar-refractivity contribution in [2.24, 2.45) is 28.8 Å². The number of halogens is 3. The summed E-state index contributed by atoms with van der Waals surface area (Å²) in [6.07, 6.45) is -0.100. The molecule has 374 valence electrons. The Morgan fingerprint density at radius 3 is 2.28 bits per heavy atom. The van der Waals surface area contributed by atoms with Crippen LogP contribution in [0.15, 0.2) is 65.5 Å². The summed E-state index contributed by atoms with van der Waals surface area (Å²) in [4.78, 5) is 42.8. The Morgan fingerprint density at radius 1 is 0.957 bits per heavy atom. The van der Waals surface area contributed by atoms with Crippen LogP contribution in [0.5, 0.6) is 23.0 Å². The third kappa shape index (κ3) is 10.9. The highest BCUT2D eigenvalue weighted by Crippen LogP contribution is 2.55. The number of nitrogens with one attached hydrogen (secondary N) is 1. The van der Waals surface area contributed by atoms with E-state index in [9.17, 15) is 53.1 Å². The third-order valence-corrected chi connectivity index (χ3v) is 13.4. The summed E-state index contributed by atoms with van der Waals surface area (Å²) >= 11 is 0. The van der Waals surface area contributed by atoms with E-state index in [4.69, 9.17) is 18.9 Å². The normalized spacial score (nSPS) is 29.4. The molecule has 4 heterocycles. The number of methoxy groups -OCH3 is 1. The van der Waals surface area contributed by atoms with Crippen LogP contribution in [0, 0.1) is 30.6 Å². The number of Topliss-reactive ketones (excluding diaryl/α,β-unsaturated/α-hetero) is 1. The van der Waals surface area contributed by atoms with Crippen LogP contribution in [-0.2, 0) is 36.5 Å². The van der Waals surface area contributed by atoms with E-state index in [-0.39, 0.29) is 51.0 Å². The van der Waals surface area contributed by atoms with Gasteiger partial charge in [-0.1, -0.05) is 64.1 Å². The molecular formula is C50H61F3N4O12. The number of aliphatic hydroxyl groups excluding tert-OH is 2. The number of fused-ring (bicyclic) bond motifs is 14. The van der Waals surface area contributed by atoms with E-state index in [1.165, 1.54) is 59.2 Å². The Bertz CT molecular complexity index is 2570. The highest BCUT2D eigenvalue weighted by atomic mass is 19.4. The number of hydrogen-bond acceptors (Lipinski definition) is 15. The number of allylic oxidation sites excluding steroid dienone is 2. The minimum atomic E-state index is -4.48. The van der Waals surface area contributed by atoms with Crippen molar-refractivity contribution in [3.63, 3.8) is 0 Å². The van der Waals surface area contributed by atoms with Gasteiger partial charge in [0.25, 0.3) is 11.7 Å². The molecule has 1 amide bonds. The molecule has 1 saturated heterocycles. The fraction of sp³-hybridized carbons (Fsp3) is 0.480. The smallest absolute Gasteiger partial charge is 0.416 e. The zero-order valence-corrected chi connectivity index (χ0v) is 40.0. The number of hydrogen-bond donors (Lipinski definition) is 6. The molecule has 4 aliphatic heterocycles. The van der Waals surface area contributed by atoms with Crippen LogP contribution in [-0.4, -0.2) is 123 Å². The molecule has 1 fully saturated rings. The lowest BCUT2D eigenvalue weighted by Gasteiger charge is -2.38. The second-order valence-electron chi connectivity index (χ2n) is 18.3. The van der Waals surface area contributed by atoms with Crippen molar-refractivity contribution in [2.75, 3.05) is 38.6 Å². The van der Waals surface area contributed by atoms with E-state index in [0.29, 0.717) is 31.7 Å². The lowest BCUT2D eigenvalue weighted by atomic mass is 9.78. The monoisotopic (exact) mass is 966 g/mol. The van der Waals surface area contributed by atoms with Crippen molar-refractivity contribution in [3.05, 3.63) is 88.2 Å². The van der Waals surface area contributed by atoms with Crippen molar-refractivity contribution in [1.82, 2.24) is 9.91 Å². The van der Waals surface area contributed by atoms with Crippen molar-refractivity contribution in [2.45, 2.75) is 98.3 Å². The average Bonchev–Trinajstić information content (AvgIpc) is 3.57. The molecule has 0 aliphatic carbocycles. The van der Waals surface area contributed by atoms with E-state index in [1.54, 1.807) is 50.9 Å². The number of phenols is 3. The fourth-order valence-corrected chi connectivity index (χ4v) is 9.13. The van der Waals surface area contributed by atoms with Gasteiger partial charge in [0.2, 0.25) is 0 Å². The summed E-state index contributed by atoms with van der Waals surface area (Å²) in [5.74, 6) is -9.08. The van der Waals surface area contributed by atoms with Crippen LogP contribution in [0.2, 0.25) is 0 Å². The molecule has 3 aromatic carbocycles. The Hall–Kier alpha value is -6.15. The summed E-state index contributed by atoms with van der Waals surface area (Å²) in [6.45, 7) is 13.9. The predicted octanol–water partition coefficient (Wildman–Crippen LogP) is 6.92. The van der Waals surface area contributed by atoms with Crippen LogP contribution in [0.3, 0.4) is 0 Å². The molecule has 0 saturated carbocycles. The average molecular weight is 967 g/mol. The maximum Gasteiger partial charge on any atom is 0.416 e. The van der Waals surface area contributed by atoms with E-state index in [2.05, 4.69) is 10.4 Å². The zero-order valence-electron chi connectivity index (χ0n) is 40.0. The number of amides is 1. The van der Waals surface area contributed by atoms with Gasteiger partial charge in [0.1, 0.15) is 23.4 Å². The highest BCUT2D eigenvalue weighted by Gasteiger charge is 2.50. The molecule has 0 spiro atoms. The van der Waals surface area contributed by atoms with Crippen LogP contribution in [0.4, 0.5) is 18.9 Å². The molecule has 3 aromatic rings. The van der Waals surface area contributed by atoms with E-state index in [0.717, 1.165) is 18.4 Å². The molecule has 0 radical (unpaired) electrons. The largest absolute Gasteiger partial charge is 0.507 e. The number of esters is 1. The number of carbonyl (C=O) groups is 3. The third-order valence-electron chi connectivity index (χ3n) is 13.4. The van der Waals surface area contributed by atoms with E-state index >= 15 is 0 Å². The second kappa shape index (κ2) is 20.8. The number of hydrazone groups is 1. The molecule has 16 nitrogen and oxygen atoms in total. The van der Waals surface area contributed by atoms with E-state index in [1.807, 2.05) is 4.90 Å². The number of carbonyl (C=O) groups excluding carboxylic acids is 3. The molecular weight excluding hydrogens is 906 g/mol. The molecule has 19 heteroatoms. The first-order valence-electron chi connectivity index (χ1n) is 22.6. The Kier molecular flexibility index (Phi) is 15.8. The van der Waals surface area contributed by atoms with Gasteiger partial charge in [0, 0.05) is 93.9 Å². The molecule has 4 aliphatic rings. The summed E-state index contributed by atoms with van der Waals surface area (Å²) in [5, 5.41) is 67.0. The van der Waals surface area contributed by atoms with Gasteiger partial charge in [-0.25, -0.2) is 0 Å². The van der Waals surface area contributed by atoms with Gasteiger partial charge in [-0.15, -0.1) is 0 Å². The number of benzene rings is 3. The van der Waals surface area contributed by atoms with Gasteiger partial charge in [-0.3, -0.25) is 24.3 Å². The summed E-state index contributed by atoms with van der Waals surface area (Å²) in [6, 6.07) is 5.11. The minimum Gasteiger partial charge on any atom is -0.507 e. The Balaban J connectivity index is 1.43. The van der Waals surface area contributed by atoms with Crippen molar-refractivity contribution >= 4 is 40.3 Å². The maximum atomic E-state index is 14.6. The van der Waals surface area contributed by atoms with Gasteiger partial charge in [-0.2, -0.15) is 18.3 Å². The molecule has 5 bridgehead atoms. The molecule has 69 heavy (non-hydrogen) atoms. The van der Waals surface area contributed by atoms with Crippen LogP contribution in [0.1, 0.15) is 81.1 Å². The molecule has 9 atom stereocenters. The topological polar surface area (TPSA) is 220 Å². The maximum absolute atomic E-state index is 14.6. The summed E-state index contributed by atoms with van der Waals surface area (Å²) in [7, 11) is 1.41. The molecule has 7 rings (SSSR count). The zero-order chi connectivity index (χ0) is 50.9. The predicted molar refractivity (Wildman–Crippen MR) is 250 cm³/mol. The van der Waals surface area contributed by atoms with Gasteiger partial charge < -0.3 is 49.8 Å².